The second-order valence-corrected chi connectivity index (χ2v) is 4.76. The van der Waals surface area contributed by atoms with E-state index < -0.39 is 5.54 Å². The topological polar surface area (TPSA) is 49.3 Å². The molecular formula is C12H23NO2. The molecule has 0 radical (unpaired) electrons. The van der Waals surface area contributed by atoms with Crippen LogP contribution in [0.2, 0.25) is 0 Å². The highest BCUT2D eigenvalue weighted by atomic mass is 16.3. The predicted octanol–water partition coefficient (Wildman–Crippen LogP) is 1.70. The Balaban J connectivity index is 2.52. The van der Waals surface area contributed by atoms with Gasteiger partial charge in [-0.1, -0.05) is 20.8 Å². The van der Waals surface area contributed by atoms with Crippen LogP contribution in [0.3, 0.4) is 0 Å². The molecular weight excluding hydrogens is 190 g/mol. The van der Waals surface area contributed by atoms with Crippen molar-refractivity contribution in [1.82, 2.24) is 5.32 Å². The zero-order valence-corrected chi connectivity index (χ0v) is 10.0. The van der Waals surface area contributed by atoms with E-state index in [9.17, 15) is 9.90 Å². The summed E-state index contributed by atoms with van der Waals surface area (Å²) >= 11 is 0. The molecule has 1 aliphatic rings. The van der Waals surface area contributed by atoms with E-state index in [1.807, 2.05) is 20.8 Å². The SMILES string of the molecule is CCC(CC)(CO)NC(=O)C(C)C1CC1. The van der Waals surface area contributed by atoms with Crippen molar-refractivity contribution in [3.63, 3.8) is 0 Å². The highest BCUT2D eigenvalue weighted by molar-refractivity contribution is 5.79. The first-order valence-corrected chi connectivity index (χ1v) is 6.01. The van der Waals surface area contributed by atoms with Crippen LogP contribution in [0.15, 0.2) is 0 Å². The predicted molar refractivity (Wildman–Crippen MR) is 60.4 cm³/mol. The van der Waals surface area contributed by atoms with Gasteiger partial charge < -0.3 is 10.4 Å². The monoisotopic (exact) mass is 213 g/mol. The Morgan fingerprint density at radius 2 is 2.00 bits per heavy atom. The standard InChI is InChI=1S/C12H23NO2/c1-4-12(5-2,8-14)13-11(15)9(3)10-6-7-10/h9-10,14H,4-8H2,1-3H3,(H,13,15). The van der Waals surface area contributed by atoms with Crippen molar-refractivity contribution in [3.8, 4) is 0 Å². The molecule has 1 fully saturated rings. The number of carbonyl (C=O) groups excluding carboxylic acids is 1. The van der Waals surface area contributed by atoms with Crippen LogP contribution in [0.4, 0.5) is 0 Å². The first kappa shape index (κ1) is 12.5. The van der Waals surface area contributed by atoms with Crippen LogP contribution in [0.1, 0.15) is 46.5 Å². The van der Waals surface area contributed by atoms with Crippen LogP contribution in [0.5, 0.6) is 0 Å². The fraction of sp³-hybridized carbons (Fsp3) is 0.917. The summed E-state index contributed by atoms with van der Waals surface area (Å²) in [5.41, 5.74) is -0.403. The molecule has 1 saturated carbocycles. The number of aliphatic hydroxyl groups is 1. The summed E-state index contributed by atoms with van der Waals surface area (Å²) in [6.07, 6.45) is 3.92. The van der Waals surface area contributed by atoms with Gasteiger partial charge in [0.05, 0.1) is 12.1 Å². The fourth-order valence-electron chi connectivity index (χ4n) is 1.88. The molecule has 0 spiro atoms. The number of hydrogen-bond donors (Lipinski definition) is 2. The number of carbonyl (C=O) groups is 1. The minimum absolute atomic E-state index is 0.0309. The Bertz CT molecular complexity index is 211. The third kappa shape index (κ3) is 2.94. The minimum Gasteiger partial charge on any atom is -0.394 e. The molecule has 88 valence electrons. The van der Waals surface area contributed by atoms with E-state index in [1.54, 1.807) is 0 Å². The van der Waals surface area contributed by atoms with Crippen molar-refractivity contribution in [3.05, 3.63) is 0 Å². The molecule has 0 aromatic heterocycles. The summed E-state index contributed by atoms with van der Waals surface area (Å²) in [5, 5.41) is 12.4. The fourth-order valence-corrected chi connectivity index (χ4v) is 1.88. The van der Waals surface area contributed by atoms with Gasteiger partial charge in [-0.25, -0.2) is 0 Å². The quantitative estimate of drug-likeness (QED) is 0.705. The maximum atomic E-state index is 11.9. The minimum atomic E-state index is -0.403. The molecule has 3 nitrogen and oxygen atoms in total. The third-order valence-electron chi connectivity index (χ3n) is 3.79. The molecule has 1 aliphatic carbocycles. The van der Waals surface area contributed by atoms with Crippen LogP contribution in [-0.4, -0.2) is 23.2 Å². The molecule has 0 aromatic carbocycles. The summed E-state index contributed by atoms with van der Waals surface area (Å²) in [4.78, 5) is 11.9. The van der Waals surface area contributed by atoms with E-state index in [2.05, 4.69) is 5.32 Å². The maximum Gasteiger partial charge on any atom is 0.223 e. The lowest BCUT2D eigenvalue weighted by Gasteiger charge is -2.32. The summed E-state index contributed by atoms with van der Waals surface area (Å²) < 4.78 is 0. The zero-order valence-electron chi connectivity index (χ0n) is 10.0. The second kappa shape index (κ2) is 4.97. The molecule has 2 N–H and O–H groups in total. The molecule has 0 saturated heterocycles. The number of nitrogens with one attached hydrogen (secondary N) is 1. The van der Waals surface area contributed by atoms with E-state index in [-0.39, 0.29) is 18.4 Å². The van der Waals surface area contributed by atoms with Gasteiger partial charge in [0.25, 0.3) is 0 Å². The van der Waals surface area contributed by atoms with Gasteiger partial charge in [-0.15, -0.1) is 0 Å². The average Bonchev–Trinajstić information content (AvgIpc) is 3.08. The largest absolute Gasteiger partial charge is 0.394 e. The van der Waals surface area contributed by atoms with Gasteiger partial charge in [-0.2, -0.15) is 0 Å². The number of rotatable bonds is 6. The molecule has 0 aromatic rings. The van der Waals surface area contributed by atoms with Gasteiger partial charge in [-0.05, 0) is 31.6 Å². The van der Waals surface area contributed by atoms with Crippen molar-refractivity contribution in [1.29, 1.82) is 0 Å². The maximum absolute atomic E-state index is 11.9. The first-order valence-electron chi connectivity index (χ1n) is 6.01. The first-order chi connectivity index (χ1) is 7.08. The van der Waals surface area contributed by atoms with Crippen LogP contribution in [0, 0.1) is 11.8 Å². The number of amides is 1. The van der Waals surface area contributed by atoms with Gasteiger partial charge in [0.1, 0.15) is 0 Å². The van der Waals surface area contributed by atoms with Crippen molar-refractivity contribution < 1.29 is 9.90 Å². The Morgan fingerprint density at radius 1 is 1.47 bits per heavy atom. The Hall–Kier alpha value is -0.570. The molecule has 1 unspecified atom stereocenters. The Kier molecular flexibility index (Phi) is 4.14. The van der Waals surface area contributed by atoms with Crippen molar-refractivity contribution >= 4 is 5.91 Å². The molecule has 0 bridgehead atoms. The highest BCUT2D eigenvalue weighted by Crippen LogP contribution is 2.36. The van der Waals surface area contributed by atoms with Crippen LogP contribution >= 0.6 is 0 Å². The van der Waals surface area contributed by atoms with Crippen LogP contribution in [-0.2, 0) is 4.79 Å². The van der Waals surface area contributed by atoms with Gasteiger partial charge in [0, 0.05) is 5.92 Å². The molecule has 0 aliphatic heterocycles. The van der Waals surface area contributed by atoms with Gasteiger partial charge in [-0.3, -0.25) is 4.79 Å². The highest BCUT2D eigenvalue weighted by Gasteiger charge is 2.36. The van der Waals surface area contributed by atoms with Gasteiger partial charge in [0.15, 0.2) is 0 Å². The van der Waals surface area contributed by atoms with Crippen molar-refractivity contribution in [2.75, 3.05) is 6.61 Å². The molecule has 15 heavy (non-hydrogen) atoms. The smallest absolute Gasteiger partial charge is 0.223 e. The van der Waals surface area contributed by atoms with Gasteiger partial charge >= 0.3 is 0 Å². The summed E-state index contributed by atoms with van der Waals surface area (Å²) in [7, 11) is 0. The van der Waals surface area contributed by atoms with E-state index in [1.165, 1.54) is 12.8 Å². The van der Waals surface area contributed by atoms with Gasteiger partial charge in [0.2, 0.25) is 5.91 Å². The Morgan fingerprint density at radius 3 is 2.33 bits per heavy atom. The van der Waals surface area contributed by atoms with E-state index >= 15 is 0 Å². The summed E-state index contributed by atoms with van der Waals surface area (Å²) in [6.45, 7) is 6.02. The third-order valence-corrected chi connectivity index (χ3v) is 3.79. The molecule has 0 heterocycles. The molecule has 3 heteroatoms. The van der Waals surface area contributed by atoms with E-state index in [0.29, 0.717) is 5.92 Å². The average molecular weight is 213 g/mol. The Labute approximate surface area is 92.3 Å². The lowest BCUT2D eigenvalue weighted by molar-refractivity contribution is -0.127. The van der Waals surface area contributed by atoms with E-state index in [4.69, 9.17) is 0 Å². The lowest BCUT2D eigenvalue weighted by atomic mass is 9.92. The number of hydrogen-bond acceptors (Lipinski definition) is 2. The second-order valence-electron chi connectivity index (χ2n) is 4.76. The molecule has 1 rings (SSSR count). The van der Waals surface area contributed by atoms with Crippen LogP contribution < -0.4 is 5.32 Å². The zero-order chi connectivity index (χ0) is 11.5. The van der Waals surface area contributed by atoms with E-state index in [0.717, 1.165) is 12.8 Å². The van der Waals surface area contributed by atoms with Crippen LogP contribution in [0.25, 0.3) is 0 Å². The molecule has 1 amide bonds. The summed E-state index contributed by atoms with van der Waals surface area (Å²) in [6, 6.07) is 0. The van der Waals surface area contributed by atoms with Crippen molar-refractivity contribution in [2.24, 2.45) is 11.8 Å². The normalized spacial score (nSPS) is 18.7. The number of aliphatic hydroxyl groups excluding tert-OH is 1. The summed E-state index contributed by atoms with van der Waals surface area (Å²) in [5.74, 6) is 0.791. The lowest BCUT2D eigenvalue weighted by Crippen LogP contribution is -2.52. The molecule has 1 atom stereocenters. The van der Waals surface area contributed by atoms with Crippen molar-refractivity contribution in [2.45, 2.75) is 52.0 Å².